The summed E-state index contributed by atoms with van der Waals surface area (Å²) in [6, 6.07) is 9.68. The first-order valence-corrected chi connectivity index (χ1v) is 6.67. The highest BCUT2D eigenvalue weighted by Crippen LogP contribution is 2.36. The van der Waals surface area contributed by atoms with Crippen molar-refractivity contribution in [2.45, 2.75) is 0 Å². The van der Waals surface area contributed by atoms with E-state index in [0.29, 0.717) is 10.6 Å². The zero-order valence-corrected chi connectivity index (χ0v) is 11.1. The third-order valence-corrected chi connectivity index (χ3v) is 3.66. The van der Waals surface area contributed by atoms with Crippen molar-refractivity contribution in [1.82, 2.24) is 4.98 Å². The van der Waals surface area contributed by atoms with Crippen molar-refractivity contribution in [3.05, 3.63) is 53.2 Å². The Bertz CT molecular complexity index is 707. The number of amides is 2. The van der Waals surface area contributed by atoms with Crippen LogP contribution in [0.3, 0.4) is 0 Å². The van der Waals surface area contributed by atoms with Gasteiger partial charge < -0.3 is 10.1 Å². The molecule has 0 aliphatic carbocycles. The van der Waals surface area contributed by atoms with E-state index in [4.69, 9.17) is 0 Å². The van der Waals surface area contributed by atoms with Gasteiger partial charge in [0.25, 0.3) is 11.1 Å². The van der Waals surface area contributed by atoms with Crippen LogP contribution in [-0.4, -0.2) is 21.2 Å². The number of carbonyl (C=O) groups excluding carboxylic acids is 2. The molecule has 0 spiro atoms. The van der Waals surface area contributed by atoms with Gasteiger partial charge in [0.15, 0.2) is 0 Å². The Morgan fingerprint density at radius 3 is 2.75 bits per heavy atom. The number of hydrogen-bond acceptors (Lipinski definition) is 4. The zero-order valence-electron chi connectivity index (χ0n) is 10.2. The van der Waals surface area contributed by atoms with Crippen molar-refractivity contribution in [3.8, 4) is 5.75 Å². The molecule has 0 saturated carbocycles. The van der Waals surface area contributed by atoms with Crippen LogP contribution in [0.25, 0.3) is 6.08 Å². The van der Waals surface area contributed by atoms with Crippen molar-refractivity contribution in [2.75, 3.05) is 4.90 Å². The summed E-state index contributed by atoms with van der Waals surface area (Å²) in [6.07, 6.45) is 3.37. The fraction of sp³-hybridized carbons (Fsp3) is 0. The van der Waals surface area contributed by atoms with Crippen LogP contribution in [0, 0.1) is 0 Å². The lowest BCUT2D eigenvalue weighted by atomic mass is 10.2. The summed E-state index contributed by atoms with van der Waals surface area (Å²) >= 11 is 0.878. The van der Waals surface area contributed by atoms with Crippen LogP contribution in [0.5, 0.6) is 5.75 Å². The van der Waals surface area contributed by atoms with Crippen molar-refractivity contribution in [1.29, 1.82) is 0 Å². The quantitative estimate of drug-likeness (QED) is 0.832. The van der Waals surface area contributed by atoms with Gasteiger partial charge in [-0.2, -0.15) is 0 Å². The molecule has 100 valence electrons. The first-order valence-electron chi connectivity index (χ1n) is 5.85. The molecule has 2 aromatic rings. The number of aromatic nitrogens is 1. The highest BCUT2D eigenvalue weighted by molar-refractivity contribution is 8.19. The summed E-state index contributed by atoms with van der Waals surface area (Å²) in [6.45, 7) is 0. The minimum absolute atomic E-state index is 0.00916. The highest BCUT2D eigenvalue weighted by atomic mass is 32.2. The van der Waals surface area contributed by atoms with Gasteiger partial charge in [-0.15, -0.1) is 0 Å². The highest BCUT2D eigenvalue weighted by Gasteiger charge is 2.36. The summed E-state index contributed by atoms with van der Waals surface area (Å²) in [4.78, 5) is 28.6. The average molecular weight is 286 g/mol. The number of aromatic amines is 1. The van der Waals surface area contributed by atoms with Crippen molar-refractivity contribution in [3.63, 3.8) is 0 Å². The predicted octanol–water partition coefficient (Wildman–Crippen LogP) is 2.96. The summed E-state index contributed by atoms with van der Waals surface area (Å²) in [5.41, 5.74) is 1.12. The largest absolute Gasteiger partial charge is 0.508 e. The van der Waals surface area contributed by atoms with Crippen LogP contribution in [0.4, 0.5) is 10.5 Å². The molecule has 3 rings (SSSR count). The molecule has 2 N–H and O–H groups in total. The molecule has 0 unspecified atom stereocenters. The maximum Gasteiger partial charge on any atom is 0.298 e. The third kappa shape index (κ3) is 2.21. The number of anilines is 1. The lowest BCUT2D eigenvalue weighted by Gasteiger charge is -2.12. The Morgan fingerprint density at radius 2 is 2.05 bits per heavy atom. The molecule has 6 heteroatoms. The molecular formula is C14H10N2O3S. The molecule has 5 nitrogen and oxygen atoms in total. The molecule has 2 amide bonds. The molecule has 2 heterocycles. The van der Waals surface area contributed by atoms with E-state index in [2.05, 4.69) is 4.98 Å². The summed E-state index contributed by atoms with van der Waals surface area (Å²) in [5, 5.41) is 9.07. The SMILES string of the molecule is O=C1S/C(=C\c2ccc[nH]2)C(=O)N1c1cccc(O)c1. The summed E-state index contributed by atoms with van der Waals surface area (Å²) < 4.78 is 0. The van der Waals surface area contributed by atoms with Crippen LogP contribution in [0.2, 0.25) is 0 Å². The number of nitrogens with zero attached hydrogens (tertiary/aromatic N) is 1. The van der Waals surface area contributed by atoms with E-state index < -0.39 is 0 Å². The van der Waals surface area contributed by atoms with E-state index in [1.807, 2.05) is 12.1 Å². The zero-order chi connectivity index (χ0) is 14.1. The maximum atomic E-state index is 12.3. The number of hydrogen-bond donors (Lipinski definition) is 2. The van der Waals surface area contributed by atoms with Crippen LogP contribution < -0.4 is 4.90 Å². The Labute approximate surface area is 118 Å². The molecule has 0 bridgehead atoms. The number of phenolic OH excluding ortho intramolecular Hbond substituents is 1. The van der Waals surface area contributed by atoms with Gasteiger partial charge in [-0.1, -0.05) is 6.07 Å². The first-order chi connectivity index (χ1) is 9.65. The standard InChI is InChI=1S/C14H10N2O3S/c17-11-5-1-4-10(8-11)16-13(18)12(20-14(16)19)7-9-3-2-6-15-9/h1-8,15,17H/b12-7-. The van der Waals surface area contributed by atoms with Crippen LogP contribution in [0.1, 0.15) is 5.69 Å². The molecule has 20 heavy (non-hydrogen) atoms. The van der Waals surface area contributed by atoms with Gasteiger partial charge in [0.1, 0.15) is 5.75 Å². The molecule has 1 aliphatic heterocycles. The molecule has 1 aromatic carbocycles. The van der Waals surface area contributed by atoms with Crippen molar-refractivity contribution < 1.29 is 14.7 Å². The Kier molecular flexibility index (Phi) is 3.08. The minimum atomic E-state index is -0.389. The molecule has 1 aromatic heterocycles. The number of nitrogens with one attached hydrogen (secondary N) is 1. The Balaban J connectivity index is 1.95. The van der Waals surface area contributed by atoms with Gasteiger partial charge >= 0.3 is 0 Å². The number of benzene rings is 1. The molecule has 1 aliphatic rings. The smallest absolute Gasteiger partial charge is 0.298 e. The summed E-state index contributed by atoms with van der Waals surface area (Å²) in [5.74, 6) is -0.380. The van der Waals surface area contributed by atoms with E-state index in [9.17, 15) is 14.7 Å². The van der Waals surface area contributed by atoms with E-state index in [1.54, 1.807) is 24.4 Å². The summed E-state index contributed by atoms with van der Waals surface area (Å²) in [7, 11) is 0. The Hall–Kier alpha value is -2.47. The van der Waals surface area contributed by atoms with Gasteiger partial charge in [-0.25, -0.2) is 4.90 Å². The molecule has 0 radical (unpaired) electrons. The second-order valence-corrected chi connectivity index (χ2v) is 5.16. The molecule has 1 saturated heterocycles. The van der Waals surface area contributed by atoms with Crippen molar-refractivity contribution in [2.24, 2.45) is 0 Å². The lowest BCUT2D eigenvalue weighted by Crippen LogP contribution is -2.27. The normalized spacial score (nSPS) is 17.2. The average Bonchev–Trinajstić information content (AvgIpc) is 2.99. The van der Waals surface area contributed by atoms with Gasteiger partial charge in [0.2, 0.25) is 0 Å². The second kappa shape index (κ2) is 4.90. The minimum Gasteiger partial charge on any atom is -0.508 e. The molecular weight excluding hydrogens is 276 g/mol. The first kappa shape index (κ1) is 12.6. The monoisotopic (exact) mass is 286 g/mol. The van der Waals surface area contributed by atoms with Gasteiger partial charge in [0.05, 0.1) is 10.6 Å². The number of phenols is 1. The Morgan fingerprint density at radius 1 is 1.20 bits per heavy atom. The maximum absolute atomic E-state index is 12.3. The lowest BCUT2D eigenvalue weighted by molar-refractivity contribution is -0.113. The van der Waals surface area contributed by atoms with Crippen LogP contribution in [-0.2, 0) is 4.79 Å². The van der Waals surface area contributed by atoms with Gasteiger partial charge in [0, 0.05) is 18.0 Å². The van der Waals surface area contributed by atoms with Gasteiger partial charge in [-0.3, -0.25) is 9.59 Å². The number of carbonyl (C=O) groups is 2. The van der Waals surface area contributed by atoms with E-state index in [1.165, 1.54) is 12.1 Å². The van der Waals surface area contributed by atoms with Crippen LogP contribution >= 0.6 is 11.8 Å². The van der Waals surface area contributed by atoms with E-state index >= 15 is 0 Å². The number of H-pyrrole nitrogens is 1. The molecule has 1 fully saturated rings. The third-order valence-electron chi connectivity index (χ3n) is 2.79. The number of aromatic hydroxyl groups is 1. The number of imide groups is 1. The fourth-order valence-electron chi connectivity index (χ4n) is 1.90. The van der Waals surface area contributed by atoms with Crippen molar-refractivity contribution >= 4 is 34.7 Å². The van der Waals surface area contributed by atoms with Gasteiger partial charge in [-0.05, 0) is 42.1 Å². The second-order valence-electron chi connectivity index (χ2n) is 4.16. The topological polar surface area (TPSA) is 73.4 Å². The van der Waals surface area contributed by atoms with Crippen LogP contribution in [0.15, 0.2) is 47.5 Å². The predicted molar refractivity (Wildman–Crippen MR) is 77.3 cm³/mol. The fourth-order valence-corrected chi connectivity index (χ4v) is 2.73. The number of rotatable bonds is 2. The van der Waals surface area contributed by atoms with E-state index in [0.717, 1.165) is 22.4 Å². The molecule has 0 atom stereocenters. The van der Waals surface area contributed by atoms with E-state index in [-0.39, 0.29) is 16.9 Å². The number of thioether (sulfide) groups is 1.